The highest BCUT2D eigenvalue weighted by Gasteiger charge is 2.32. The summed E-state index contributed by atoms with van der Waals surface area (Å²) in [6.07, 6.45) is 2.04. The summed E-state index contributed by atoms with van der Waals surface area (Å²) >= 11 is 1.58. The van der Waals surface area contributed by atoms with E-state index in [1.807, 2.05) is 4.90 Å². The number of amides is 2. The normalized spacial score (nSPS) is 21.7. The molecule has 3 rings (SSSR count). The molecule has 2 heterocycles. The molecule has 0 spiro atoms. The summed E-state index contributed by atoms with van der Waals surface area (Å²) in [7, 11) is 0. The van der Waals surface area contributed by atoms with Crippen LogP contribution in [0.3, 0.4) is 0 Å². The Morgan fingerprint density at radius 1 is 1.32 bits per heavy atom. The van der Waals surface area contributed by atoms with E-state index in [0.29, 0.717) is 11.6 Å². The second kappa shape index (κ2) is 6.32. The summed E-state index contributed by atoms with van der Waals surface area (Å²) in [4.78, 5) is 27.9. The van der Waals surface area contributed by atoms with E-state index in [4.69, 9.17) is 0 Å². The molecule has 0 aliphatic carbocycles. The van der Waals surface area contributed by atoms with Crippen LogP contribution in [0.25, 0.3) is 0 Å². The molecule has 0 radical (unpaired) electrons. The largest absolute Gasteiger partial charge is 0.334 e. The minimum atomic E-state index is 0.0802. The predicted molar refractivity (Wildman–Crippen MR) is 88.6 cm³/mol. The minimum Gasteiger partial charge on any atom is -0.334 e. The van der Waals surface area contributed by atoms with Crippen LogP contribution >= 0.6 is 11.8 Å². The Kier molecular flexibility index (Phi) is 4.43. The first-order chi connectivity index (χ1) is 10.6. The first-order valence-corrected chi connectivity index (χ1v) is 8.94. The molecular formula is C17H22N2O2S. The Morgan fingerprint density at radius 2 is 2.14 bits per heavy atom. The first kappa shape index (κ1) is 15.4. The highest BCUT2D eigenvalue weighted by atomic mass is 32.2. The smallest absolute Gasteiger partial charge is 0.242 e. The Labute approximate surface area is 135 Å². The fourth-order valence-electron chi connectivity index (χ4n) is 3.18. The van der Waals surface area contributed by atoms with Gasteiger partial charge in [0.05, 0.1) is 17.7 Å². The van der Waals surface area contributed by atoms with E-state index in [2.05, 4.69) is 32.0 Å². The lowest BCUT2D eigenvalue weighted by Gasteiger charge is -2.27. The van der Waals surface area contributed by atoms with Crippen molar-refractivity contribution >= 4 is 23.6 Å². The first-order valence-electron chi connectivity index (χ1n) is 7.78. The lowest BCUT2D eigenvalue weighted by Crippen LogP contribution is -2.40. The zero-order chi connectivity index (χ0) is 15.7. The van der Waals surface area contributed by atoms with Gasteiger partial charge in [-0.1, -0.05) is 18.2 Å². The van der Waals surface area contributed by atoms with Crippen LogP contribution in [0.2, 0.25) is 0 Å². The van der Waals surface area contributed by atoms with Crippen molar-refractivity contribution in [2.24, 2.45) is 0 Å². The van der Waals surface area contributed by atoms with Gasteiger partial charge < -0.3 is 9.80 Å². The van der Waals surface area contributed by atoms with Gasteiger partial charge in [0.25, 0.3) is 0 Å². The molecule has 1 atom stereocenters. The molecule has 1 aromatic rings. The van der Waals surface area contributed by atoms with E-state index in [-0.39, 0.29) is 24.4 Å². The number of hydrogen-bond donors (Lipinski definition) is 0. The summed E-state index contributed by atoms with van der Waals surface area (Å²) < 4.78 is 0. The summed E-state index contributed by atoms with van der Waals surface area (Å²) in [5, 5.41) is 0. The van der Waals surface area contributed by atoms with Gasteiger partial charge in [0.15, 0.2) is 0 Å². The van der Waals surface area contributed by atoms with Crippen molar-refractivity contribution in [2.45, 2.75) is 32.7 Å². The number of benzene rings is 1. The third-order valence-electron chi connectivity index (χ3n) is 4.64. The molecule has 22 heavy (non-hydrogen) atoms. The zero-order valence-corrected chi connectivity index (χ0v) is 14.0. The maximum atomic E-state index is 12.6. The molecule has 1 aromatic carbocycles. The fraction of sp³-hybridized carbons (Fsp3) is 0.529. The van der Waals surface area contributed by atoms with Crippen LogP contribution in [0.5, 0.6) is 0 Å². The third kappa shape index (κ3) is 3.00. The standard InChI is InChI=1S/C17H22N2O2S/c1-12-5-6-14(8-13(12)2)15-4-3-7-19(15)16(20)9-18-11-22-10-17(18)21/h5-6,8,15H,3-4,7,9-11H2,1-2H3/t15-/m1/s1. The van der Waals surface area contributed by atoms with Gasteiger partial charge in [-0.05, 0) is 43.4 Å². The maximum absolute atomic E-state index is 12.6. The zero-order valence-electron chi connectivity index (χ0n) is 13.2. The number of rotatable bonds is 3. The Morgan fingerprint density at radius 3 is 2.82 bits per heavy atom. The number of hydrogen-bond acceptors (Lipinski definition) is 3. The predicted octanol–water partition coefficient (Wildman–Crippen LogP) is 2.50. The summed E-state index contributed by atoms with van der Waals surface area (Å²) in [6.45, 7) is 5.24. The van der Waals surface area contributed by atoms with Crippen molar-refractivity contribution in [3.05, 3.63) is 34.9 Å². The van der Waals surface area contributed by atoms with Gasteiger partial charge in [0, 0.05) is 6.54 Å². The van der Waals surface area contributed by atoms with Gasteiger partial charge in [-0.3, -0.25) is 9.59 Å². The molecule has 5 heteroatoms. The second-order valence-corrected chi connectivity index (χ2v) is 7.11. The highest BCUT2D eigenvalue weighted by Crippen LogP contribution is 2.33. The Balaban J connectivity index is 1.73. The molecule has 2 aliphatic rings. The molecule has 118 valence electrons. The minimum absolute atomic E-state index is 0.0802. The lowest BCUT2D eigenvalue weighted by molar-refractivity contribution is -0.138. The maximum Gasteiger partial charge on any atom is 0.242 e. The Hall–Kier alpha value is -1.49. The number of carbonyl (C=O) groups excluding carboxylic acids is 2. The topological polar surface area (TPSA) is 40.6 Å². The van der Waals surface area contributed by atoms with Crippen molar-refractivity contribution < 1.29 is 9.59 Å². The van der Waals surface area contributed by atoms with Crippen LogP contribution in [0.15, 0.2) is 18.2 Å². The molecule has 0 N–H and O–H groups in total. The van der Waals surface area contributed by atoms with Crippen LogP contribution in [0.1, 0.15) is 35.6 Å². The van der Waals surface area contributed by atoms with Gasteiger partial charge >= 0.3 is 0 Å². The van der Waals surface area contributed by atoms with Crippen molar-refractivity contribution in [3.8, 4) is 0 Å². The van der Waals surface area contributed by atoms with E-state index in [9.17, 15) is 9.59 Å². The highest BCUT2D eigenvalue weighted by molar-refractivity contribution is 8.00. The van der Waals surface area contributed by atoms with Gasteiger partial charge in [0.1, 0.15) is 6.54 Å². The molecule has 2 aliphatic heterocycles. The molecule has 4 nitrogen and oxygen atoms in total. The van der Waals surface area contributed by atoms with Crippen molar-refractivity contribution in [1.82, 2.24) is 9.80 Å². The third-order valence-corrected chi connectivity index (χ3v) is 5.59. The van der Waals surface area contributed by atoms with E-state index < -0.39 is 0 Å². The van der Waals surface area contributed by atoms with Crippen molar-refractivity contribution in [2.75, 3.05) is 24.7 Å². The van der Waals surface area contributed by atoms with Crippen molar-refractivity contribution in [3.63, 3.8) is 0 Å². The second-order valence-electron chi connectivity index (χ2n) is 6.16. The molecule has 0 aromatic heterocycles. The van der Waals surface area contributed by atoms with Crippen LogP contribution in [-0.4, -0.2) is 46.3 Å². The van der Waals surface area contributed by atoms with E-state index in [1.54, 1.807) is 16.7 Å². The molecule has 2 fully saturated rings. The number of thioether (sulfide) groups is 1. The average molecular weight is 318 g/mol. The van der Waals surface area contributed by atoms with Gasteiger partial charge in [-0.15, -0.1) is 11.8 Å². The van der Waals surface area contributed by atoms with Crippen LogP contribution in [0.4, 0.5) is 0 Å². The molecule has 0 saturated carbocycles. The number of carbonyl (C=O) groups is 2. The van der Waals surface area contributed by atoms with Gasteiger partial charge in [-0.2, -0.15) is 0 Å². The van der Waals surface area contributed by atoms with Crippen LogP contribution in [0, 0.1) is 13.8 Å². The SMILES string of the molecule is Cc1ccc([C@H]2CCCN2C(=O)CN2CSCC2=O)cc1C. The van der Waals surface area contributed by atoms with Gasteiger partial charge in [0.2, 0.25) is 11.8 Å². The van der Waals surface area contributed by atoms with E-state index in [0.717, 1.165) is 19.4 Å². The number of likely N-dealkylation sites (tertiary alicyclic amines) is 1. The quantitative estimate of drug-likeness (QED) is 0.860. The number of aryl methyl sites for hydroxylation is 2. The van der Waals surface area contributed by atoms with Gasteiger partial charge in [-0.25, -0.2) is 0 Å². The van der Waals surface area contributed by atoms with E-state index in [1.165, 1.54) is 16.7 Å². The van der Waals surface area contributed by atoms with Crippen molar-refractivity contribution in [1.29, 1.82) is 0 Å². The molecule has 2 saturated heterocycles. The average Bonchev–Trinajstić information content (AvgIpc) is 3.12. The Bertz CT molecular complexity index is 602. The number of nitrogens with zero attached hydrogens (tertiary/aromatic N) is 2. The molecule has 0 bridgehead atoms. The molecule has 0 unspecified atom stereocenters. The van der Waals surface area contributed by atoms with Crippen LogP contribution < -0.4 is 0 Å². The molecule has 2 amide bonds. The lowest BCUT2D eigenvalue weighted by atomic mass is 9.99. The fourth-order valence-corrected chi connectivity index (χ4v) is 4.08. The summed E-state index contributed by atoms with van der Waals surface area (Å²) in [6, 6.07) is 6.63. The monoisotopic (exact) mass is 318 g/mol. The van der Waals surface area contributed by atoms with E-state index >= 15 is 0 Å². The molecular weight excluding hydrogens is 296 g/mol. The summed E-state index contributed by atoms with van der Waals surface area (Å²) in [5.41, 5.74) is 3.76. The van der Waals surface area contributed by atoms with Crippen LogP contribution in [-0.2, 0) is 9.59 Å². The summed E-state index contributed by atoms with van der Waals surface area (Å²) in [5.74, 6) is 1.32.